The highest BCUT2D eigenvalue weighted by molar-refractivity contribution is 9.10. The Kier molecular flexibility index (Phi) is 5.85. The molecule has 3 rings (SSSR count). The van der Waals surface area contributed by atoms with Crippen molar-refractivity contribution in [2.45, 2.75) is 19.3 Å². The predicted octanol–water partition coefficient (Wildman–Crippen LogP) is 4.24. The molecule has 8 heteroatoms. The van der Waals surface area contributed by atoms with Crippen LogP contribution in [0.5, 0.6) is 0 Å². The zero-order valence-electron chi connectivity index (χ0n) is 14.5. The van der Waals surface area contributed by atoms with E-state index in [1.165, 1.54) is 18.2 Å². The number of hydrogen-bond acceptors (Lipinski definition) is 4. The van der Waals surface area contributed by atoms with Gasteiger partial charge in [0.15, 0.2) is 0 Å². The van der Waals surface area contributed by atoms with Crippen LogP contribution >= 0.6 is 15.9 Å². The van der Waals surface area contributed by atoms with E-state index in [0.717, 1.165) is 19.3 Å². The second kappa shape index (κ2) is 8.30. The molecule has 140 valence electrons. The van der Waals surface area contributed by atoms with Crippen molar-refractivity contribution in [3.63, 3.8) is 0 Å². The standard InChI is InChI=1S/C19H18BrN3O4/c20-15-9-8-13(12-17(15)23(26)27)18(24)21-16-7-3-2-6-14(16)19(25)22-10-4-1-5-11-22/h2-3,6-9,12H,1,4-5,10-11H2,(H,21,24). The number of piperidine rings is 1. The Morgan fingerprint density at radius 3 is 2.48 bits per heavy atom. The third-order valence-electron chi connectivity index (χ3n) is 4.45. The normalized spacial score (nSPS) is 13.9. The van der Waals surface area contributed by atoms with Crippen LogP contribution in [0.25, 0.3) is 0 Å². The first-order valence-corrected chi connectivity index (χ1v) is 9.40. The highest BCUT2D eigenvalue weighted by Crippen LogP contribution is 2.26. The number of halogens is 1. The molecular formula is C19H18BrN3O4. The number of nitro groups is 1. The molecule has 7 nitrogen and oxygen atoms in total. The number of benzene rings is 2. The van der Waals surface area contributed by atoms with Crippen LogP contribution in [0.1, 0.15) is 40.0 Å². The van der Waals surface area contributed by atoms with Gasteiger partial charge in [-0.15, -0.1) is 0 Å². The highest BCUT2D eigenvalue weighted by atomic mass is 79.9. The number of likely N-dealkylation sites (tertiary alicyclic amines) is 1. The third-order valence-corrected chi connectivity index (χ3v) is 5.12. The third kappa shape index (κ3) is 4.33. The van der Waals surface area contributed by atoms with Gasteiger partial charge in [0.25, 0.3) is 17.5 Å². The molecule has 0 unspecified atom stereocenters. The topological polar surface area (TPSA) is 92.6 Å². The van der Waals surface area contributed by atoms with E-state index in [9.17, 15) is 19.7 Å². The summed E-state index contributed by atoms with van der Waals surface area (Å²) in [5.74, 6) is -0.628. The van der Waals surface area contributed by atoms with Gasteiger partial charge in [-0.3, -0.25) is 19.7 Å². The van der Waals surface area contributed by atoms with Crippen molar-refractivity contribution < 1.29 is 14.5 Å². The summed E-state index contributed by atoms with van der Waals surface area (Å²) < 4.78 is 0.296. The summed E-state index contributed by atoms with van der Waals surface area (Å²) in [6.45, 7) is 1.42. The lowest BCUT2D eigenvalue weighted by atomic mass is 10.1. The molecule has 0 atom stereocenters. The molecule has 2 aromatic rings. The van der Waals surface area contributed by atoms with Gasteiger partial charge in [-0.1, -0.05) is 12.1 Å². The number of anilines is 1. The molecule has 1 fully saturated rings. The molecule has 1 aliphatic rings. The van der Waals surface area contributed by atoms with E-state index >= 15 is 0 Å². The predicted molar refractivity (Wildman–Crippen MR) is 105 cm³/mol. The fourth-order valence-corrected chi connectivity index (χ4v) is 3.43. The van der Waals surface area contributed by atoms with Crippen molar-refractivity contribution in [2.24, 2.45) is 0 Å². The van der Waals surface area contributed by atoms with Crippen molar-refractivity contribution in [3.05, 3.63) is 68.2 Å². The van der Waals surface area contributed by atoms with Gasteiger partial charge >= 0.3 is 0 Å². The van der Waals surface area contributed by atoms with Crippen LogP contribution in [0.15, 0.2) is 46.9 Å². The average Bonchev–Trinajstić information content (AvgIpc) is 2.68. The number of hydrogen-bond donors (Lipinski definition) is 1. The summed E-state index contributed by atoms with van der Waals surface area (Å²) in [6.07, 6.45) is 3.07. The molecule has 0 radical (unpaired) electrons. The van der Waals surface area contributed by atoms with Crippen LogP contribution in [-0.4, -0.2) is 34.7 Å². The minimum Gasteiger partial charge on any atom is -0.339 e. The van der Waals surface area contributed by atoms with E-state index in [4.69, 9.17) is 0 Å². The van der Waals surface area contributed by atoms with E-state index in [2.05, 4.69) is 21.2 Å². The van der Waals surface area contributed by atoms with E-state index in [1.54, 1.807) is 29.2 Å². The van der Waals surface area contributed by atoms with Gasteiger partial charge in [0, 0.05) is 24.7 Å². The molecule has 2 amide bonds. The molecule has 0 spiro atoms. The summed E-state index contributed by atoms with van der Waals surface area (Å²) in [5.41, 5.74) is 0.758. The number of nitrogens with zero attached hydrogens (tertiary/aromatic N) is 2. The Morgan fingerprint density at radius 2 is 1.78 bits per heavy atom. The number of carbonyl (C=O) groups excluding carboxylic acids is 2. The number of amides is 2. The first kappa shape index (κ1) is 19.0. The number of carbonyl (C=O) groups is 2. The van der Waals surface area contributed by atoms with Crippen molar-refractivity contribution in [1.82, 2.24) is 4.90 Å². The lowest BCUT2D eigenvalue weighted by molar-refractivity contribution is -0.385. The fraction of sp³-hybridized carbons (Fsp3) is 0.263. The van der Waals surface area contributed by atoms with Gasteiger partial charge in [-0.2, -0.15) is 0 Å². The fourth-order valence-electron chi connectivity index (χ4n) is 3.03. The molecule has 27 heavy (non-hydrogen) atoms. The number of nitro benzene ring substituents is 1. The number of nitrogens with one attached hydrogen (secondary N) is 1. The molecule has 0 saturated carbocycles. The minimum atomic E-state index is -0.561. The molecule has 1 aliphatic heterocycles. The summed E-state index contributed by atoms with van der Waals surface area (Å²) >= 11 is 3.10. The zero-order chi connectivity index (χ0) is 19.4. The SMILES string of the molecule is O=C(Nc1ccccc1C(=O)N1CCCCC1)c1ccc(Br)c([N+](=O)[O-])c1. The summed E-state index contributed by atoms with van der Waals surface area (Å²) in [4.78, 5) is 37.7. The molecule has 2 aromatic carbocycles. The summed E-state index contributed by atoms with van der Waals surface area (Å²) in [5, 5.41) is 13.8. The average molecular weight is 432 g/mol. The minimum absolute atomic E-state index is 0.118. The molecule has 1 N–H and O–H groups in total. The molecule has 0 bridgehead atoms. The zero-order valence-corrected chi connectivity index (χ0v) is 16.1. The van der Waals surface area contributed by atoms with Crippen molar-refractivity contribution >= 4 is 39.1 Å². The lowest BCUT2D eigenvalue weighted by Crippen LogP contribution is -2.36. The van der Waals surface area contributed by atoms with Gasteiger partial charge in [0.05, 0.1) is 20.6 Å². The Labute approximate surface area is 164 Å². The van der Waals surface area contributed by atoms with E-state index in [0.29, 0.717) is 28.8 Å². The van der Waals surface area contributed by atoms with Crippen LogP contribution in [-0.2, 0) is 0 Å². The Hall–Kier alpha value is -2.74. The van der Waals surface area contributed by atoms with Crippen LogP contribution in [0.4, 0.5) is 11.4 Å². The van der Waals surface area contributed by atoms with Crippen molar-refractivity contribution in [1.29, 1.82) is 0 Å². The number of para-hydroxylation sites is 1. The first-order valence-electron chi connectivity index (χ1n) is 8.61. The van der Waals surface area contributed by atoms with Gasteiger partial charge in [-0.25, -0.2) is 0 Å². The molecule has 1 heterocycles. The largest absolute Gasteiger partial charge is 0.339 e. The number of rotatable bonds is 4. The van der Waals surface area contributed by atoms with Crippen LogP contribution < -0.4 is 5.32 Å². The van der Waals surface area contributed by atoms with E-state index in [1.807, 2.05) is 0 Å². The summed E-state index contributed by atoms with van der Waals surface area (Å²) in [6, 6.07) is 11.0. The van der Waals surface area contributed by atoms with Crippen molar-refractivity contribution in [2.75, 3.05) is 18.4 Å². The monoisotopic (exact) mass is 431 g/mol. The van der Waals surface area contributed by atoms with Gasteiger partial charge in [0.1, 0.15) is 0 Å². The van der Waals surface area contributed by atoms with Crippen LogP contribution in [0.2, 0.25) is 0 Å². The van der Waals surface area contributed by atoms with Crippen LogP contribution in [0, 0.1) is 10.1 Å². The molecule has 0 aliphatic carbocycles. The van der Waals surface area contributed by atoms with Gasteiger partial charge < -0.3 is 10.2 Å². The quantitative estimate of drug-likeness (QED) is 0.578. The maximum atomic E-state index is 12.8. The maximum Gasteiger partial charge on any atom is 0.284 e. The highest BCUT2D eigenvalue weighted by Gasteiger charge is 2.22. The Balaban J connectivity index is 1.84. The maximum absolute atomic E-state index is 12.8. The van der Waals surface area contributed by atoms with Crippen molar-refractivity contribution in [3.8, 4) is 0 Å². The second-order valence-corrected chi connectivity index (χ2v) is 7.13. The smallest absolute Gasteiger partial charge is 0.284 e. The first-order chi connectivity index (χ1) is 13.0. The second-order valence-electron chi connectivity index (χ2n) is 6.28. The van der Waals surface area contributed by atoms with E-state index in [-0.39, 0.29) is 17.2 Å². The van der Waals surface area contributed by atoms with Crippen LogP contribution in [0.3, 0.4) is 0 Å². The molecular weight excluding hydrogens is 414 g/mol. The van der Waals surface area contributed by atoms with E-state index < -0.39 is 10.8 Å². The Morgan fingerprint density at radius 1 is 1.07 bits per heavy atom. The van der Waals surface area contributed by atoms with Gasteiger partial charge in [0.2, 0.25) is 0 Å². The molecule has 1 saturated heterocycles. The summed E-state index contributed by atoms with van der Waals surface area (Å²) in [7, 11) is 0. The molecule has 0 aromatic heterocycles. The Bertz CT molecular complexity index is 894. The van der Waals surface area contributed by atoms with Gasteiger partial charge in [-0.05, 0) is 59.5 Å². The lowest BCUT2D eigenvalue weighted by Gasteiger charge is -2.27.